The molecule has 3 aromatic heterocycles. The third kappa shape index (κ3) is 3.98. The molecular formula is C29H23N5O3. The summed E-state index contributed by atoms with van der Waals surface area (Å²) in [7, 11) is 1.62. The van der Waals surface area contributed by atoms with Crippen LogP contribution in [0.2, 0.25) is 0 Å². The fourth-order valence-corrected chi connectivity index (χ4v) is 4.66. The van der Waals surface area contributed by atoms with E-state index in [4.69, 9.17) is 9.84 Å². The van der Waals surface area contributed by atoms with Gasteiger partial charge in [0.25, 0.3) is 11.5 Å². The van der Waals surface area contributed by atoms with Gasteiger partial charge in [-0.05, 0) is 73.2 Å². The second-order valence-electron chi connectivity index (χ2n) is 8.63. The van der Waals surface area contributed by atoms with Gasteiger partial charge in [-0.25, -0.2) is 4.68 Å². The molecule has 6 rings (SSSR count). The Labute approximate surface area is 213 Å². The van der Waals surface area contributed by atoms with E-state index in [0.29, 0.717) is 24.4 Å². The van der Waals surface area contributed by atoms with Gasteiger partial charge in [0.05, 0.1) is 18.5 Å². The zero-order valence-electron chi connectivity index (χ0n) is 20.1. The van der Waals surface area contributed by atoms with Crippen LogP contribution in [-0.2, 0) is 6.42 Å². The molecule has 182 valence electrons. The van der Waals surface area contributed by atoms with Crippen molar-refractivity contribution < 1.29 is 9.53 Å². The van der Waals surface area contributed by atoms with E-state index in [-0.39, 0.29) is 11.5 Å². The average molecular weight is 490 g/mol. The Bertz CT molecular complexity index is 1640. The van der Waals surface area contributed by atoms with Crippen molar-refractivity contribution in [2.24, 2.45) is 0 Å². The Morgan fingerprint density at radius 2 is 1.54 bits per heavy atom. The number of fused-ring (bicyclic) bond motifs is 1. The highest BCUT2D eigenvalue weighted by molar-refractivity contribution is 6.08. The lowest BCUT2D eigenvalue weighted by molar-refractivity contribution is 0.0973. The highest BCUT2D eigenvalue weighted by Gasteiger charge is 2.33. The molecule has 1 aliphatic rings. The summed E-state index contributed by atoms with van der Waals surface area (Å²) in [6.07, 6.45) is 4.08. The Morgan fingerprint density at radius 3 is 2.24 bits per heavy atom. The number of hydrogen-bond donors (Lipinski definition) is 0. The van der Waals surface area contributed by atoms with Gasteiger partial charge in [0, 0.05) is 41.9 Å². The molecule has 0 N–H and O–H groups in total. The smallest absolute Gasteiger partial charge is 0.277 e. The molecule has 0 fully saturated rings. The van der Waals surface area contributed by atoms with Crippen LogP contribution < -0.4 is 15.2 Å². The first-order valence-electron chi connectivity index (χ1n) is 11.9. The van der Waals surface area contributed by atoms with Crippen LogP contribution in [0.1, 0.15) is 16.1 Å². The molecule has 8 nitrogen and oxygen atoms in total. The topological polar surface area (TPSA) is 82.2 Å². The average Bonchev–Trinajstić information content (AvgIpc) is 3.35. The number of pyridine rings is 2. The van der Waals surface area contributed by atoms with Crippen molar-refractivity contribution >= 4 is 11.6 Å². The lowest BCUT2D eigenvalue weighted by atomic mass is 10.0. The molecule has 1 aliphatic heterocycles. The second-order valence-corrected chi connectivity index (χ2v) is 8.63. The van der Waals surface area contributed by atoms with Crippen molar-refractivity contribution in [3.8, 4) is 28.5 Å². The maximum Gasteiger partial charge on any atom is 0.277 e. The molecule has 4 heterocycles. The van der Waals surface area contributed by atoms with E-state index in [1.807, 2.05) is 72.8 Å². The number of aromatic nitrogens is 4. The largest absolute Gasteiger partial charge is 0.497 e. The van der Waals surface area contributed by atoms with Crippen LogP contribution in [0.15, 0.2) is 102 Å². The number of rotatable bonds is 5. The SMILES string of the molecule is COc1ccc(-n2nc(-c3ccccn3)c3c2C(=O)N(c2ccc(-n4ccccc4=O)cc2)CC3)cc1. The number of amides is 1. The molecule has 0 aliphatic carbocycles. The van der Waals surface area contributed by atoms with Crippen molar-refractivity contribution in [1.29, 1.82) is 0 Å². The zero-order valence-corrected chi connectivity index (χ0v) is 20.1. The van der Waals surface area contributed by atoms with Crippen LogP contribution in [0.25, 0.3) is 22.8 Å². The van der Waals surface area contributed by atoms with Gasteiger partial charge >= 0.3 is 0 Å². The Kier molecular flexibility index (Phi) is 5.61. The summed E-state index contributed by atoms with van der Waals surface area (Å²) in [4.78, 5) is 32.4. The summed E-state index contributed by atoms with van der Waals surface area (Å²) in [6, 6.07) is 25.6. The number of anilines is 1. The minimum atomic E-state index is -0.142. The molecule has 37 heavy (non-hydrogen) atoms. The summed E-state index contributed by atoms with van der Waals surface area (Å²) in [5, 5.41) is 4.86. The molecule has 5 aromatic rings. The minimum absolute atomic E-state index is 0.112. The molecule has 0 atom stereocenters. The molecule has 0 saturated carbocycles. The van der Waals surface area contributed by atoms with E-state index in [2.05, 4.69) is 4.98 Å². The van der Waals surface area contributed by atoms with Crippen LogP contribution in [0.4, 0.5) is 5.69 Å². The normalized spacial score (nSPS) is 12.9. The summed E-state index contributed by atoms with van der Waals surface area (Å²) in [5.41, 5.74) is 4.96. The molecule has 0 saturated heterocycles. The Balaban J connectivity index is 1.42. The maximum atomic E-state index is 14.0. The first-order chi connectivity index (χ1) is 18.1. The fraction of sp³-hybridized carbons (Fsp3) is 0.103. The van der Waals surface area contributed by atoms with E-state index in [9.17, 15) is 9.59 Å². The molecule has 0 bridgehead atoms. The monoisotopic (exact) mass is 489 g/mol. The number of benzene rings is 2. The quantitative estimate of drug-likeness (QED) is 0.368. The summed E-state index contributed by atoms with van der Waals surface area (Å²) in [6.45, 7) is 0.505. The number of methoxy groups -OCH3 is 1. The van der Waals surface area contributed by atoms with Gasteiger partial charge in [-0.15, -0.1) is 0 Å². The highest BCUT2D eigenvalue weighted by Crippen LogP contribution is 2.33. The van der Waals surface area contributed by atoms with Crippen molar-refractivity contribution in [2.45, 2.75) is 6.42 Å². The number of nitrogens with zero attached hydrogens (tertiary/aromatic N) is 5. The van der Waals surface area contributed by atoms with Gasteiger partial charge in [-0.3, -0.25) is 19.1 Å². The third-order valence-electron chi connectivity index (χ3n) is 6.50. The van der Waals surface area contributed by atoms with Crippen LogP contribution in [-0.4, -0.2) is 38.9 Å². The predicted molar refractivity (Wildman–Crippen MR) is 141 cm³/mol. The first-order valence-corrected chi connectivity index (χ1v) is 11.9. The fourth-order valence-electron chi connectivity index (χ4n) is 4.66. The Morgan fingerprint density at radius 1 is 0.811 bits per heavy atom. The van der Waals surface area contributed by atoms with Crippen molar-refractivity contribution in [3.05, 3.63) is 119 Å². The molecule has 1 amide bonds. The van der Waals surface area contributed by atoms with E-state index in [1.165, 1.54) is 6.07 Å². The van der Waals surface area contributed by atoms with Crippen LogP contribution in [0.3, 0.4) is 0 Å². The van der Waals surface area contributed by atoms with Crippen LogP contribution >= 0.6 is 0 Å². The summed E-state index contributed by atoms with van der Waals surface area (Å²) < 4.78 is 8.57. The molecule has 2 aromatic carbocycles. The van der Waals surface area contributed by atoms with E-state index in [0.717, 1.165) is 34.1 Å². The third-order valence-corrected chi connectivity index (χ3v) is 6.50. The first kappa shape index (κ1) is 22.5. The lowest BCUT2D eigenvalue weighted by Gasteiger charge is -2.28. The number of carbonyl (C=O) groups excluding carboxylic acids is 1. The predicted octanol–water partition coefficient (Wildman–Crippen LogP) is 4.30. The number of hydrogen-bond acceptors (Lipinski definition) is 5. The second kappa shape index (κ2) is 9.23. The van der Waals surface area contributed by atoms with Gasteiger partial charge in [0.15, 0.2) is 0 Å². The van der Waals surface area contributed by atoms with Gasteiger partial charge in [0.2, 0.25) is 0 Å². The van der Waals surface area contributed by atoms with Crippen molar-refractivity contribution in [3.63, 3.8) is 0 Å². The summed E-state index contributed by atoms with van der Waals surface area (Å²) >= 11 is 0. The molecular weight excluding hydrogens is 466 g/mol. The molecule has 0 spiro atoms. The Hall–Kier alpha value is -4.98. The summed E-state index contributed by atoms with van der Waals surface area (Å²) in [5.74, 6) is 0.580. The van der Waals surface area contributed by atoms with E-state index >= 15 is 0 Å². The van der Waals surface area contributed by atoms with Gasteiger partial charge in [-0.1, -0.05) is 12.1 Å². The van der Waals surface area contributed by atoms with E-state index < -0.39 is 0 Å². The van der Waals surface area contributed by atoms with Crippen LogP contribution in [0, 0.1) is 0 Å². The van der Waals surface area contributed by atoms with Crippen molar-refractivity contribution in [2.75, 3.05) is 18.6 Å². The van der Waals surface area contributed by atoms with Gasteiger partial charge < -0.3 is 9.64 Å². The highest BCUT2D eigenvalue weighted by atomic mass is 16.5. The molecule has 0 unspecified atom stereocenters. The number of carbonyl (C=O) groups is 1. The van der Waals surface area contributed by atoms with Crippen LogP contribution in [0.5, 0.6) is 5.75 Å². The number of ether oxygens (including phenoxy) is 1. The van der Waals surface area contributed by atoms with Gasteiger partial charge in [0.1, 0.15) is 17.1 Å². The zero-order chi connectivity index (χ0) is 25.4. The molecule has 8 heteroatoms. The van der Waals surface area contributed by atoms with E-state index in [1.54, 1.807) is 39.7 Å². The maximum absolute atomic E-state index is 14.0. The minimum Gasteiger partial charge on any atom is -0.497 e. The lowest BCUT2D eigenvalue weighted by Crippen LogP contribution is -2.38. The van der Waals surface area contributed by atoms with Crippen molar-refractivity contribution in [1.82, 2.24) is 19.3 Å². The molecule has 0 radical (unpaired) electrons. The van der Waals surface area contributed by atoms with Gasteiger partial charge in [-0.2, -0.15) is 5.10 Å². The standard InChI is InChI=1S/C29H23N5O3/c1-37-23-14-12-22(13-15-23)34-28-24(27(31-34)25-6-2-4-17-30-25)16-19-33(29(28)36)21-10-8-20(9-11-21)32-18-5-3-7-26(32)35/h2-15,17-18H,16,19H2,1H3.